The smallest absolute Gasteiger partial charge is 0.0714 e. The summed E-state index contributed by atoms with van der Waals surface area (Å²) in [6.07, 6.45) is 5.88. The van der Waals surface area contributed by atoms with Crippen LogP contribution < -0.4 is 5.32 Å². The van der Waals surface area contributed by atoms with Gasteiger partial charge in [-0.1, -0.05) is 6.07 Å². The van der Waals surface area contributed by atoms with E-state index in [9.17, 15) is 0 Å². The normalized spacial score (nSPS) is 18.3. The number of pyridine rings is 1. The van der Waals surface area contributed by atoms with Crippen LogP contribution in [0.2, 0.25) is 0 Å². The summed E-state index contributed by atoms with van der Waals surface area (Å²) in [4.78, 5) is 8.10. The second kappa shape index (κ2) is 5.50. The van der Waals surface area contributed by atoms with E-state index in [0.717, 1.165) is 31.7 Å². The molecule has 3 heterocycles. The Kier molecular flexibility index (Phi) is 3.37. The van der Waals surface area contributed by atoms with E-state index in [0.29, 0.717) is 0 Å². The standard InChI is InChI=1S/C16H16N4S/c1-2-12-14(18-6-1)4-3-13-15(5-7-19-21-16(12)13)20-10-8-17-9-11-20/h1-7,17H,8-11H2. The Hall–Kier alpha value is -1.85. The summed E-state index contributed by atoms with van der Waals surface area (Å²) in [6.45, 7) is 4.14. The van der Waals surface area contributed by atoms with E-state index in [2.05, 4.69) is 43.9 Å². The number of nitrogens with one attached hydrogen (secondary N) is 1. The van der Waals surface area contributed by atoms with Crippen LogP contribution in [0.25, 0.3) is 16.6 Å². The molecule has 0 unspecified atom stereocenters. The Morgan fingerprint density at radius 1 is 1.14 bits per heavy atom. The SMILES string of the molecule is C1=NSc2c(ccc3ncccc23)C(N2CCNCC2)=C1. The number of rotatable bonds is 1. The Morgan fingerprint density at radius 2 is 2.05 bits per heavy atom. The monoisotopic (exact) mass is 296 g/mol. The van der Waals surface area contributed by atoms with Gasteiger partial charge in [-0.2, -0.15) is 0 Å². The second-order valence-electron chi connectivity index (χ2n) is 5.15. The van der Waals surface area contributed by atoms with Crippen LogP contribution in [0.5, 0.6) is 0 Å². The molecule has 0 radical (unpaired) electrons. The molecule has 2 aromatic rings. The fourth-order valence-electron chi connectivity index (χ4n) is 2.88. The minimum Gasteiger partial charge on any atom is -0.368 e. The van der Waals surface area contributed by atoms with Gasteiger partial charge in [0, 0.05) is 72.1 Å². The number of aromatic nitrogens is 1. The molecule has 0 saturated carbocycles. The van der Waals surface area contributed by atoms with Crippen molar-refractivity contribution in [2.45, 2.75) is 4.90 Å². The molecule has 0 bridgehead atoms. The number of piperazine rings is 1. The summed E-state index contributed by atoms with van der Waals surface area (Å²) in [7, 11) is 0. The minimum atomic E-state index is 1.03. The highest BCUT2D eigenvalue weighted by atomic mass is 32.2. The molecule has 5 heteroatoms. The van der Waals surface area contributed by atoms with Crippen molar-refractivity contribution in [3.05, 3.63) is 42.1 Å². The number of hydrogen-bond acceptors (Lipinski definition) is 5. The summed E-state index contributed by atoms with van der Waals surface area (Å²) < 4.78 is 4.45. The van der Waals surface area contributed by atoms with Gasteiger partial charge >= 0.3 is 0 Å². The molecule has 0 aliphatic carbocycles. The van der Waals surface area contributed by atoms with E-state index >= 15 is 0 Å². The van der Waals surface area contributed by atoms with E-state index in [4.69, 9.17) is 0 Å². The zero-order valence-corrected chi connectivity index (χ0v) is 12.4. The molecule has 4 rings (SSSR count). The van der Waals surface area contributed by atoms with Gasteiger partial charge in [-0.3, -0.25) is 4.98 Å². The third kappa shape index (κ3) is 2.32. The lowest BCUT2D eigenvalue weighted by Crippen LogP contribution is -2.42. The van der Waals surface area contributed by atoms with Gasteiger partial charge in [-0.15, -0.1) is 0 Å². The zero-order valence-electron chi connectivity index (χ0n) is 11.6. The lowest BCUT2D eigenvalue weighted by atomic mass is 10.1. The van der Waals surface area contributed by atoms with Crippen LogP contribution in [0.4, 0.5) is 0 Å². The van der Waals surface area contributed by atoms with Gasteiger partial charge in [0.05, 0.1) is 5.52 Å². The van der Waals surface area contributed by atoms with Crippen molar-refractivity contribution in [3.8, 4) is 0 Å². The summed E-state index contributed by atoms with van der Waals surface area (Å²) >= 11 is 1.54. The fourth-order valence-corrected chi connectivity index (χ4v) is 3.65. The molecule has 1 aromatic heterocycles. The number of benzene rings is 1. The van der Waals surface area contributed by atoms with Crippen LogP contribution in [0, 0.1) is 0 Å². The molecule has 0 atom stereocenters. The first-order chi connectivity index (χ1) is 10.4. The number of hydrogen-bond donors (Lipinski definition) is 1. The Labute approximate surface area is 128 Å². The molecule has 106 valence electrons. The molecule has 0 spiro atoms. The van der Waals surface area contributed by atoms with Gasteiger partial charge in [0.1, 0.15) is 0 Å². The van der Waals surface area contributed by atoms with Gasteiger partial charge in [0.25, 0.3) is 0 Å². The average Bonchev–Trinajstić information content (AvgIpc) is 2.78. The van der Waals surface area contributed by atoms with Gasteiger partial charge in [0.15, 0.2) is 0 Å². The molecule has 2 aliphatic rings. The minimum absolute atomic E-state index is 1.03. The molecule has 1 fully saturated rings. The van der Waals surface area contributed by atoms with E-state index in [1.54, 1.807) is 11.9 Å². The van der Waals surface area contributed by atoms with E-state index in [1.165, 1.54) is 21.5 Å². The first kappa shape index (κ1) is 12.9. The summed E-state index contributed by atoms with van der Waals surface area (Å²) in [5.41, 5.74) is 3.56. The molecular formula is C16H16N4S. The van der Waals surface area contributed by atoms with Crippen molar-refractivity contribution in [3.63, 3.8) is 0 Å². The molecule has 1 saturated heterocycles. The van der Waals surface area contributed by atoms with Gasteiger partial charge in [-0.25, -0.2) is 4.40 Å². The Bertz CT molecular complexity index is 732. The highest BCUT2D eigenvalue weighted by molar-refractivity contribution is 7.98. The van der Waals surface area contributed by atoms with Gasteiger partial charge in [-0.05, 0) is 24.3 Å². The van der Waals surface area contributed by atoms with Crippen LogP contribution in [0.1, 0.15) is 5.56 Å². The van der Waals surface area contributed by atoms with Crippen molar-refractivity contribution in [1.82, 2.24) is 15.2 Å². The average molecular weight is 296 g/mol. The third-order valence-electron chi connectivity index (χ3n) is 3.91. The van der Waals surface area contributed by atoms with Crippen LogP contribution >= 0.6 is 11.9 Å². The predicted octanol–water partition coefficient (Wildman–Crippen LogP) is 2.57. The van der Waals surface area contributed by atoms with Crippen molar-refractivity contribution in [2.24, 2.45) is 4.40 Å². The molecular weight excluding hydrogens is 280 g/mol. The quantitative estimate of drug-likeness (QED) is 0.821. The molecule has 21 heavy (non-hydrogen) atoms. The fraction of sp³-hybridized carbons (Fsp3) is 0.250. The van der Waals surface area contributed by atoms with Crippen LogP contribution in [-0.4, -0.2) is 42.3 Å². The third-order valence-corrected chi connectivity index (χ3v) is 4.76. The van der Waals surface area contributed by atoms with Gasteiger partial charge in [0.2, 0.25) is 0 Å². The van der Waals surface area contributed by atoms with Crippen LogP contribution in [0.15, 0.2) is 45.8 Å². The summed E-state index contributed by atoms with van der Waals surface area (Å²) in [5.74, 6) is 0. The molecule has 0 amide bonds. The van der Waals surface area contributed by atoms with E-state index in [1.807, 2.05) is 18.5 Å². The van der Waals surface area contributed by atoms with Crippen molar-refractivity contribution in [2.75, 3.05) is 26.2 Å². The molecule has 1 aromatic carbocycles. The summed E-state index contributed by atoms with van der Waals surface area (Å²) in [6, 6.07) is 8.41. The molecule has 1 N–H and O–H groups in total. The first-order valence-electron chi connectivity index (χ1n) is 7.18. The first-order valence-corrected chi connectivity index (χ1v) is 7.95. The van der Waals surface area contributed by atoms with E-state index < -0.39 is 0 Å². The van der Waals surface area contributed by atoms with Crippen LogP contribution in [-0.2, 0) is 0 Å². The van der Waals surface area contributed by atoms with Crippen molar-refractivity contribution in [1.29, 1.82) is 0 Å². The highest BCUT2D eigenvalue weighted by Crippen LogP contribution is 2.37. The predicted molar refractivity (Wildman–Crippen MR) is 88.5 cm³/mol. The maximum absolute atomic E-state index is 4.45. The second-order valence-corrected chi connectivity index (χ2v) is 5.95. The maximum atomic E-state index is 4.45. The lowest BCUT2D eigenvalue weighted by molar-refractivity contribution is 0.340. The van der Waals surface area contributed by atoms with Gasteiger partial charge < -0.3 is 10.2 Å². The molecule has 4 nitrogen and oxygen atoms in total. The van der Waals surface area contributed by atoms with E-state index in [-0.39, 0.29) is 0 Å². The maximum Gasteiger partial charge on any atom is 0.0714 e. The molecule has 2 aliphatic heterocycles. The number of allylic oxidation sites excluding steroid dienone is 1. The Morgan fingerprint density at radius 3 is 2.95 bits per heavy atom. The topological polar surface area (TPSA) is 40.5 Å². The van der Waals surface area contributed by atoms with Crippen molar-refractivity contribution < 1.29 is 0 Å². The number of nitrogens with zero attached hydrogens (tertiary/aromatic N) is 3. The van der Waals surface area contributed by atoms with Crippen molar-refractivity contribution >= 4 is 34.8 Å². The lowest BCUT2D eigenvalue weighted by Gasteiger charge is -2.32. The largest absolute Gasteiger partial charge is 0.368 e. The summed E-state index contributed by atoms with van der Waals surface area (Å²) in [5, 5.41) is 4.59. The van der Waals surface area contributed by atoms with Crippen LogP contribution in [0.3, 0.4) is 0 Å². The number of fused-ring (bicyclic) bond motifs is 3. The highest BCUT2D eigenvalue weighted by Gasteiger charge is 2.20. The zero-order chi connectivity index (χ0) is 14.1. The Balaban J connectivity index is 1.87.